The van der Waals surface area contributed by atoms with E-state index in [0.717, 1.165) is 42.3 Å². The van der Waals surface area contributed by atoms with Crippen molar-refractivity contribution >= 4 is 57.7 Å². The number of aliphatic carboxylic acids is 1. The summed E-state index contributed by atoms with van der Waals surface area (Å²) in [6.07, 6.45) is 5.38. The van der Waals surface area contributed by atoms with Gasteiger partial charge in [0, 0.05) is 51.9 Å². The number of anilines is 1. The van der Waals surface area contributed by atoms with Gasteiger partial charge in [-0.05, 0) is 55.2 Å². The van der Waals surface area contributed by atoms with Crippen LogP contribution in [0.4, 0.5) is 5.82 Å². The lowest BCUT2D eigenvalue weighted by atomic mass is 10.1. The Balaban J connectivity index is 1.22. The van der Waals surface area contributed by atoms with Crippen molar-refractivity contribution in [1.29, 1.82) is 0 Å². The predicted molar refractivity (Wildman–Crippen MR) is 172 cm³/mol. The molecule has 1 aromatic carbocycles. The number of thiocarbonyl (C=S) groups is 1. The van der Waals surface area contributed by atoms with E-state index in [1.54, 1.807) is 12.3 Å². The van der Waals surface area contributed by atoms with Crippen LogP contribution in [0.25, 0.3) is 11.7 Å². The summed E-state index contributed by atoms with van der Waals surface area (Å²) >= 11 is 6.69. The van der Waals surface area contributed by atoms with Crippen LogP contribution in [-0.2, 0) is 16.1 Å². The summed E-state index contributed by atoms with van der Waals surface area (Å²) in [5, 5.41) is 8.86. The third-order valence-electron chi connectivity index (χ3n) is 7.92. The van der Waals surface area contributed by atoms with E-state index in [-0.39, 0.29) is 24.7 Å². The highest BCUT2D eigenvalue weighted by atomic mass is 32.2. The van der Waals surface area contributed by atoms with Crippen LogP contribution >= 0.6 is 24.0 Å². The minimum Gasteiger partial charge on any atom is -0.481 e. The fourth-order valence-electron chi connectivity index (χ4n) is 5.58. The lowest BCUT2D eigenvalue weighted by molar-refractivity contribution is -0.137. The highest BCUT2D eigenvalue weighted by molar-refractivity contribution is 8.26. The Bertz CT molecular complexity index is 1720. The lowest BCUT2D eigenvalue weighted by Crippen LogP contribution is -2.47. The first kappa shape index (κ1) is 30.1. The molecule has 0 atom stereocenters. The molecule has 6 rings (SSSR count). The number of amides is 1. The molecule has 230 valence electrons. The minimum atomic E-state index is -0.828. The van der Waals surface area contributed by atoms with E-state index in [4.69, 9.17) is 31.8 Å². The number of unbranched alkanes of at least 4 members (excludes halogenated alkanes) is 2. The summed E-state index contributed by atoms with van der Waals surface area (Å²) < 4.78 is 12.9. The fourth-order valence-corrected chi connectivity index (χ4v) is 6.87. The molecule has 2 saturated heterocycles. The van der Waals surface area contributed by atoms with Crippen molar-refractivity contribution in [3.63, 3.8) is 0 Å². The van der Waals surface area contributed by atoms with Gasteiger partial charge in [-0.2, -0.15) is 0 Å². The maximum absolute atomic E-state index is 13.9. The molecule has 0 bridgehead atoms. The number of aromatic nitrogens is 2. The van der Waals surface area contributed by atoms with Gasteiger partial charge in [-0.3, -0.25) is 28.6 Å². The van der Waals surface area contributed by atoms with E-state index in [1.165, 1.54) is 21.1 Å². The average Bonchev–Trinajstić information content (AvgIpc) is 3.58. The van der Waals surface area contributed by atoms with E-state index in [2.05, 4.69) is 15.9 Å². The van der Waals surface area contributed by atoms with E-state index in [1.807, 2.05) is 31.2 Å². The fraction of sp³-hybridized carbons (Fsp3) is 0.387. The number of carbonyl (C=O) groups excluding carboxylic acids is 1. The molecule has 13 heteroatoms. The molecule has 5 heterocycles. The normalized spacial score (nSPS) is 17.8. The molecular formula is C31H33N5O6S2. The number of pyridine rings is 1. The number of thioether (sulfide) groups is 1. The maximum Gasteiger partial charge on any atom is 0.303 e. The van der Waals surface area contributed by atoms with E-state index < -0.39 is 5.97 Å². The molecule has 1 N–H and O–H groups in total. The van der Waals surface area contributed by atoms with Crippen molar-refractivity contribution in [3.05, 3.63) is 68.5 Å². The Morgan fingerprint density at radius 2 is 1.86 bits per heavy atom. The number of fused-ring (bicyclic) bond motifs is 2. The van der Waals surface area contributed by atoms with Crippen LogP contribution < -0.4 is 19.9 Å². The molecule has 0 aliphatic carbocycles. The van der Waals surface area contributed by atoms with Gasteiger partial charge in [0.15, 0.2) is 11.5 Å². The van der Waals surface area contributed by atoms with E-state index in [9.17, 15) is 14.4 Å². The monoisotopic (exact) mass is 635 g/mol. The van der Waals surface area contributed by atoms with Crippen LogP contribution in [0.3, 0.4) is 0 Å². The van der Waals surface area contributed by atoms with Crippen LogP contribution in [0.15, 0.2) is 46.2 Å². The molecule has 0 saturated carbocycles. The minimum absolute atomic E-state index is 0.103. The number of nitrogens with zero attached hydrogens (tertiary/aromatic N) is 5. The molecule has 0 spiro atoms. The molecule has 3 aliphatic rings. The smallest absolute Gasteiger partial charge is 0.303 e. The Hall–Kier alpha value is -3.94. The van der Waals surface area contributed by atoms with Crippen molar-refractivity contribution in [2.75, 3.05) is 44.4 Å². The van der Waals surface area contributed by atoms with Crippen molar-refractivity contribution in [1.82, 2.24) is 19.2 Å². The SMILES string of the molecule is Cc1ccc2nc(N3CCN(Cc4ccc5c(c4)OCO5)CC3)c(C=C3SC(=S)N(CCCCCC(=O)O)C3=O)c(=O)n2c1. The topological polar surface area (TPSA) is 117 Å². The zero-order valence-corrected chi connectivity index (χ0v) is 26.0. The summed E-state index contributed by atoms with van der Waals surface area (Å²) in [6, 6.07) is 9.78. The number of aryl methyl sites for hydroxylation is 1. The van der Waals surface area contributed by atoms with Crippen molar-refractivity contribution in [2.24, 2.45) is 0 Å². The third-order valence-corrected chi connectivity index (χ3v) is 9.30. The first-order valence-electron chi connectivity index (χ1n) is 14.6. The zero-order chi connectivity index (χ0) is 30.8. The highest BCUT2D eigenvalue weighted by Crippen LogP contribution is 2.35. The number of carboxylic acids is 1. The number of hydrogen-bond donors (Lipinski definition) is 1. The summed E-state index contributed by atoms with van der Waals surface area (Å²) in [7, 11) is 0. The predicted octanol–water partition coefficient (Wildman–Crippen LogP) is 3.90. The molecule has 0 unspecified atom stereocenters. The van der Waals surface area contributed by atoms with Gasteiger partial charge in [0.1, 0.15) is 15.8 Å². The van der Waals surface area contributed by atoms with Crippen LogP contribution in [0.1, 0.15) is 42.4 Å². The summed E-state index contributed by atoms with van der Waals surface area (Å²) in [6.45, 7) is 6.21. The number of hydrogen-bond acceptors (Lipinski definition) is 10. The number of carbonyl (C=O) groups is 2. The molecule has 1 amide bonds. The average molecular weight is 636 g/mol. The second kappa shape index (κ2) is 13.0. The number of carboxylic acid groups (broad SMARTS) is 1. The van der Waals surface area contributed by atoms with Gasteiger partial charge in [-0.1, -0.05) is 42.5 Å². The number of ether oxygens (including phenoxy) is 2. The molecule has 11 nitrogen and oxygen atoms in total. The number of piperazine rings is 1. The zero-order valence-electron chi connectivity index (χ0n) is 24.4. The van der Waals surface area contributed by atoms with E-state index in [0.29, 0.717) is 65.2 Å². The Morgan fingerprint density at radius 3 is 2.66 bits per heavy atom. The molecule has 0 radical (unpaired) electrons. The number of benzene rings is 1. The van der Waals surface area contributed by atoms with Gasteiger partial charge in [-0.15, -0.1) is 0 Å². The van der Waals surface area contributed by atoms with Gasteiger partial charge < -0.3 is 19.5 Å². The maximum atomic E-state index is 13.9. The van der Waals surface area contributed by atoms with Gasteiger partial charge in [0.2, 0.25) is 6.79 Å². The Labute approximate surface area is 264 Å². The molecule has 3 aromatic rings. The van der Waals surface area contributed by atoms with E-state index >= 15 is 0 Å². The van der Waals surface area contributed by atoms with Crippen molar-refractivity contribution < 1.29 is 24.2 Å². The summed E-state index contributed by atoms with van der Waals surface area (Å²) in [5.74, 6) is 1.02. The highest BCUT2D eigenvalue weighted by Gasteiger charge is 2.33. The van der Waals surface area contributed by atoms with Gasteiger partial charge in [0.25, 0.3) is 11.5 Å². The van der Waals surface area contributed by atoms with Crippen molar-refractivity contribution in [3.8, 4) is 11.5 Å². The lowest BCUT2D eigenvalue weighted by Gasteiger charge is -2.36. The Morgan fingerprint density at radius 1 is 1.07 bits per heavy atom. The molecule has 2 fully saturated rings. The standard InChI is InChI=1S/C31H33N5O6S2/c1-20-6-9-26-32-28(34-13-11-33(12-14-34)18-21-7-8-23-24(15-21)42-19-41-23)22(29(39)36(26)17-20)16-25-30(40)35(31(43)44-25)10-4-2-3-5-27(37)38/h6-9,15-17H,2-5,10-14,18-19H2,1H3,(H,37,38). The van der Waals surface area contributed by atoms with Gasteiger partial charge in [-0.25, -0.2) is 4.98 Å². The van der Waals surface area contributed by atoms with Crippen LogP contribution in [0.5, 0.6) is 11.5 Å². The van der Waals surface area contributed by atoms with Gasteiger partial charge >= 0.3 is 5.97 Å². The Kier molecular flexibility index (Phi) is 8.87. The summed E-state index contributed by atoms with van der Waals surface area (Å²) in [5.41, 5.74) is 2.73. The second-order valence-electron chi connectivity index (χ2n) is 11.1. The van der Waals surface area contributed by atoms with Crippen molar-refractivity contribution in [2.45, 2.75) is 39.2 Å². The van der Waals surface area contributed by atoms with Crippen LogP contribution in [0.2, 0.25) is 0 Å². The van der Waals surface area contributed by atoms with Crippen LogP contribution in [0, 0.1) is 6.92 Å². The third kappa shape index (κ3) is 6.44. The summed E-state index contributed by atoms with van der Waals surface area (Å²) in [4.78, 5) is 49.4. The van der Waals surface area contributed by atoms with Crippen LogP contribution in [-0.4, -0.2) is 80.0 Å². The molecule has 2 aromatic heterocycles. The molecular weight excluding hydrogens is 603 g/mol. The largest absolute Gasteiger partial charge is 0.481 e. The second-order valence-corrected chi connectivity index (χ2v) is 12.8. The number of rotatable bonds is 10. The van der Waals surface area contributed by atoms with Gasteiger partial charge in [0.05, 0.1) is 10.5 Å². The molecule has 3 aliphatic heterocycles. The first-order valence-corrected chi connectivity index (χ1v) is 15.9. The quantitative estimate of drug-likeness (QED) is 0.199. The first-order chi connectivity index (χ1) is 21.3. The molecule has 44 heavy (non-hydrogen) atoms.